The number of ether oxygens (including phenoxy) is 1. The first-order chi connectivity index (χ1) is 11.8. The van der Waals surface area contributed by atoms with Crippen LogP contribution in [-0.2, 0) is 4.74 Å². The lowest BCUT2D eigenvalue weighted by Crippen LogP contribution is -2.54. The molecule has 0 radical (unpaired) electrons. The lowest BCUT2D eigenvalue weighted by molar-refractivity contribution is -0.0752. The number of fused-ring (bicyclic) bond motifs is 1. The maximum absolute atomic E-state index is 13.0. The molecule has 3 aliphatic rings. The van der Waals surface area contributed by atoms with Crippen molar-refractivity contribution in [2.45, 2.75) is 48.8 Å². The Kier molecular flexibility index (Phi) is 5.40. The number of thioether (sulfide) groups is 2. The average Bonchev–Trinajstić information content (AvgIpc) is 2.68. The summed E-state index contributed by atoms with van der Waals surface area (Å²) in [5.74, 6) is 2.68. The number of carbonyl (C=O) groups excluding carboxylic acids is 1. The lowest BCUT2D eigenvalue weighted by atomic mass is 9.89. The molecule has 0 aromatic heterocycles. The summed E-state index contributed by atoms with van der Waals surface area (Å²) >= 11 is 4.05. The van der Waals surface area contributed by atoms with Gasteiger partial charge in [-0.1, -0.05) is 25.0 Å². The van der Waals surface area contributed by atoms with Crippen molar-refractivity contribution in [2.75, 3.05) is 24.7 Å². The van der Waals surface area contributed by atoms with Crippen LogP contribution >= 0.6 is 23.5 Å². The minimum absolute atomic E-state index is 0.186. The molecule has 2 atom stereocenters. The zero-order chi connectivity index (χ0) is 16.4. The van der Waals surface area contributed by atoms with Crippen LogP contribution in [0.3, 0.4) is 0 Å². The van der Waals surface area contributed by atoms with Gasteiger partial charge >= 0.3 is 0 Å². The number of morpholine rings is 1. The van der Waals surface area contributed by atoms with E-state index in [0.29, 0.717) is 11.2 Å². The molecule has 0 N–H and O–H groups in total. The van der Waals surface area contributed by atoms with Crippen molar-refractivity contribution in [3.63, 3.8) is 0 Å². The molecule has 5 heteroatoms. The Morgan fingerprint density at radius 2 is 1.79 bits per heavy atom. The third kappa shape index (κ3) is 3.49. The van der Waals surface area contributed by atoms with Gasteiger partial charge in [-0.25, -0.2) is 0 Å². The molecule has 2 unspecified atom stereocenters. The maximum Gasteiger partial charge on any atom is 0.254 e. The Balaban J connectivity index is 1.47. The van der Waals surface area contributed by atoms with Gasteiger partial charge in [0.25, 0.3) is 5.91 Å². The van der Waals surface area contributed by atoms with Crippen LogP contribution in [0.5, 0.6) is 0 Å². The molecule has 1 aromatic carbocycles. The molecule has 1 saturated carbocycles. The van der Waals surface area contributed by atoms with Gasteiger partial charge in [-0.2, -0.15) is 0 Å². The third-order valence-corrected chi connectivity index (χ3v) is 8.27. The second-order valence-corrected chi connectivity index (χ2v) is 9.53. The summed E-state index contributed by atoms with van der Waals surface area (Å²) in [4.78, 5) is 15.1. The molecule has 2 heterocycles. The molecule has 1 amide bonds. The number of amides is 1. The van der Waals surface area contributed by atoms with E-state index in [1.165, 1.54) is 36.3 Å². The van der Waals surface area contributed by atoms with Crippen molar-refractivity contribution >= 4 is 29.4 Å². The topological polar surface area (TPSA) is 29.5 Å². The van der Waals surface area contributed by atoms with Gasteiger partial charge in [0.15, 0.2) is 0 Å². The first kappa shape index (κ1) is 16.8. The highest BCUT2D eigenvalue weighted by molar-refractivity contribution is 8.16. The smallest absolute Gasteiger partial charge is 0.254 e. The monoisotopic (exact) mass is 363 g/mol. The van der Waals surface area contributed by atoms with Crippen LogP contribution in [0, 0.1) is 0 Å². The van der Waals surface area contributed by atoms with Crippen LogP contribution in [0.2, 0.25) is 0 Å². The molecule has 2 aliphatic heterocycles. The number of rotatable bonds is 2. The van der Waals surface area contributed by atoms with Crippen molar-refractivity contribution in [1.82, 2.24) is 4.90 Å². The van der Waals surface area contributed by atoms with Gasteiger partial charge in [0.05, 0.1) is 23.3 Å². The van der Waals surface area contributed by atoms with E-state index in [2.05, 4.69) is 17.0 Å². The molecule has 0 spiro atoms. The summed E-state index contributed by atoms with van der Waals surface area (Å²) < 4.78 is 6.43. The van der Waals surface area contributed by atoms with Crippen molar-refractivity contribution in [1.29, 1.82) is 0 Å². The molecule has 4 rings (SSSR count). The SMILES string of the molecule is O=C(c1ccc(C2SCCCS2)cc1)N1CCOC2CCCCC21. The average molecular weight is 364 g/mol. The highest BCUT2D eigenvalue weighted by Gasteiger charge is 2.36. The predicted octanol–water partition coefficient (Wildman–Crippen LogP) is 4.34. The Labute approximate surface area is 152 Å². The van der Waals surface area contributed by atoms with Gasteiger partial charge in [0, 0.05) is 12.1 Å². The molecule has 0 bridgehead atoms. The lowest BCUT2D eigenvalue weighted by Gasteiger charge is -2.43. The van der Waals surface area contributed by atoms with Crippen LogP contribution < -0.4 is 0 Å². The van der Waals surface area contributed by atoms with E-state index in [1.807, 2.05) is 35.7 Å². The molecule has 1 aromatic rings. The fourth-order valence-corrected chi connectivity index (χ4v) is 6.87. The van der Waals surface area contributed by atoms with E-state index in [1.54, 1.807) is 0 Å². The van der Waals surface area contributed by atoms with Crippen molar-refractivity contribution < 1.29 is 9.53 Å². The molecule has 3 nitrogen and oxygen atoms in total. The Hall–Kier alpha value is -0.650. The Morgan fingerprint density at radius 3 is 2.58 bits per heavy atom. The number of benzene rings is 1. The zero-order valence-electron chi connectivity index (χ0n) is 14.0. The second kappa shape index (κ2) is 7.71. The molecule has 2 saturated heterocycles. The molecule has 130 valence electrons. The van der Waals surface area contributed by atoms with Gasteiger partial charge in [-0.15, -0.1) is 23.5 Å². The van der Waals surface area contributed by atoms with Crippen LogP contribution in [0.4, 0.5) is 0 Å². The largest absolute Gasteiger partial charge is 0.374 e. The van der Waals surface area contributed by atoms with E-state index in [4.69, 9.17) is 4.74 Å². The van der Waals surface area contributed by atoms with Crippen LogP contribution in [-0.4, -0.2) is 47.6 Å². The fourth-order valence-electron chi connectivity index (χ4n) is 3.98. The van der Waals surface area contributed by atoms with Gasteiger partial charge in [0.1, 0.15) is 0 Å². The summed E-state index contributed by atoms with van der Waals surface area (Å²) in [7, 11) is 0. The number of hydrogen-bond acceptors (Lipinski definition) is 4. The van der Waals surface area contributed by atoms with Gasteiger partial charge < -0.3 is 9.64 Å². The van der Waals surface area contributed by atoms with Crippen LogP contribution in [0.25, 0.3) is 0 Å². The molecule has 3 fully saturated rings. The number of hydrogen-bond donors (Lipinski definition) is 0. The molecular weight excluding hydrogens is 338 g/mol. The fraction of sp³-hybridized carbons (Fsp3) is 0.632. The second-order valence-electron chi connectivity index (χ2n) is 6.81. The number of nitrogens with zero attached hydrogens (tertiary/aromatic N) is 1. The van der Waals surface area contributed by atoms with E-state index in [-0.39, 0.29) is 18.1 Å². The summed E-state index contributed by atoms with van der Waals surface area (Å²) in [5.41, 5.74) is 2.18. The van der Waals surface area contributed by atoms with E-state index < -0.39 is 0 Å². The minimum Gasteiger partial charge on any atom is -0.374 e. The molecular formula is C19H25NO2S2. The highest BCUT2D eigenvalue weighted by atomic mass is 32.2. The van der Waals surface area contributed by atoms with Crippen LogP contribution in [0.15, 0.2) is 24.3 Å². The molecule has 1 aliphatic carbocycles. The summed E-state index contributed by atoms with van der Waals surface area (Å²) in [6.07, 6.45) is 6.19. The highest BCUT2D eigenvalue weighted by Crippen LogP contribution is 2.43. The number of carbonyl (C=O) groups is 1. The zero-order valence-corrected chi connectivity index (χ0v) is 15.6. The van der Waals surface area contributed by atoms with E-state index in [9.17, 15) is 4.79 Å². The van der Waals surface area contributed by atoms with Gasteiger partial charge in [-0.3, -0.25) is 4.79 Å². The Bertz CT molecular complexity index is 569. The Morgan fingerprint density at radius 1 is 1.04 bits per heavy atom. The third-order valence-electron chi connectivity index (χ3n) is 5.25. The van der Waals surface area contributed by atoms with Crippen molar-refractivity contribution in [2.24, 2.45) is 0 Å². The standard InChI is InChI=1S/C19H25NO2S2/c21-18(20-10-11-22-17-5-2-1-4-16(17)20)14-6-8-15(9-7-14)19-23-12-3-13-24-19/h6-9,16-17,19H,1-5,10-13H2. The predicted molar refractivity (Wildman–Crippen MR) is 102 cm³/mol. The molecule has 24 heavy (non-hydrogen) atoms. The first-order valence-electron chi connectivity index (χ1n) is 9.09. The van der Waals surface area contributed by atoms with Crippen molar-refractivity contribution in [3.8, 4) is 0 Å². The van der Waals surface area contributed by atoms with E-state index in [0.717, 1.165) is 24.9 Å². The van der Waals surface area contributed by atoms with Crippen LogP contribution in [0.1, 0.15) is 52.6 Å². The van der Waals surface area contributed by atoms with Gasteiger partial charge in [0.2, 0.25) is 0 Å². The minimum atomic E-state index is 0.186. The first-order valence-corrected chi connectivity index (χ1v) is 11.2. The van der Waals surface area contributed by atoms with Gasteiger partial charge in [-0.05, 0) is 48.5 Å². The summed E-state index contributed by atoms with van der Waals surface area (Å²) in [6.45, 7) is 1.41. The quantitative estimate of drug-likeness (QED) is 0.782. The van der Waals surface area contributed by atoms with Crippen molar-refractivity contribution in [3.05, 3.63) is 35.4 Å². The summed E-state index contributed by atoms with van der Waals surface area (Å²) in [6, 6.07) is 8.65. The van der Waals surface area contributed by atoms with E-state index >= 15 is 0 Å². The maximum atomic E-state index is 13.0. The summed E-state index contributed by atoms with van der Waals surface area (Å²) in [5, 5.41) is 0. The normalized spacial score (nSPS) is 28.4.